The van der Waals surface area contributed by atoms with E-state index in [2.05, 4.69) is 0 Å². The summed E-state index contributed by atoms with van der Waals surface area (Å²) in [6.45, 7) is 2.01. The molecular weight excluding hydrogens is 156 g/mol. The van der Waals surface area contributed by atoms with Gasteiger partial charge in [0, 0.05) is 5.41 Å². The van der Waals surface area contributed by atoms with Crippen LogP contribution in [0, 0.1) is 6.92 Å². The molecule has 2 rings (SSSR count). The van der Waals surface area contributed by atoms with Gasteiger partial charge >= 0.3 is 0 Å². The Kier molecular flexibility index (Phi) is 1.43. The van der Waals surface area contributed by atoms with E-state index in [9.17, 15) is 4.21 Å². The van der Waals surface area contributed by atoms with Crippen molar-refractivity contribution in [3.63, 3.8) is 0 Å². The normalized spacial score (nSPS) is 20.3. The van der Waals surface area contributed by atoms with Crippen LogP contribution in [0.2, 0.25) is 0 Å². The monoisotopic (exact) mass is 164 g/mol. The molecular formula is C9H8OS. The van der Waals surface area contributed by atoms with E-state index < -0.39 is 10.8 Å². The summed E-state index contributed by atoms with van der Waals surface area (Å²) in [5.74, 6) is 0. The largest absolute Gasteiger partial charge is 0.250 e. The number of rotatable bonds is 0. The third-order valence-electron chi connectivity index (χ3n) is 1.76. The highest BCUT2D eigenvalue weighted by molar-refractivity contribution is 7.88. The zero-order chi connectivity index (χ0) is 7.84. The Morgan fingerprint density at radius 2 is 2.18 bits per heavy atom. The van der Waals surface area contributed by atoms with E-state index in [0.29, 0.717) is 0 Å². The van der Waals surface area contributed by atoms with Gasteiger partial charge < -0.3 is 0 Å². The van der Waals surface area contributed by atoms with Crippen molar-refractivity contribution in [3.05, 3.63) is 34.7 Å². The van der Waals surface area contributed by atoms with Gasteiger partial charge in [-0.1, -0.05) is 12.1 Å². The maximum atomic E-state index is 11.2. The molecule has 0 aliphatic carbocycles. The van der Waals surface area contributed by atoms with Crippen LogP contribution in [-0.2, 0) is 10.8 Å². The highest BCUT2D eigenvalue weighted by Crippen LogP contribution is 2.23. The molecule has 1 aliphatic rings. The predicted octanol–water partition coefficient (Wildman–Crippen LogP) is 2.09. The molecule has 1 nitrogen and oxygen atoms in total. The van der Waals surface area contributed by atoms with Crippen LogP contribution in [0.4, 0.5) is 0 Å². The fraction of sp³-hybridized carbons (Fsp3) is 0.111. The van der Waals surface area contributed by atoms with Gasteiger partial charge in [0.1, 0.15) is 0 Å². The summed E-state index contributed by atoms with van der Waals surface area (Å²) in [7, 11) is -0.889. The molecule has 0 fully saturated rings. The fourth-order valence-electron chi connectivity index (χ4n) is 1.16. The van der Waals surface area contributed by atoms with Gasteiger partial charge in [0.2, 0.25) is 0 Å². The van der Waals surface area contributed by atoms with Gasteiger partial charge in [-0.2, -0.15) is 0 Å². The number of fused-ring (bicyclic) bond motifs is 1. The van der Waals surface area contributed by atoms with E-state index in [1.54, 1.807) is 5.41 Å². The van der Waals surface area contributed by atoms with E-state index >= 15 is 0 Å². The van der Waals surface area contributed by atoms with Crippen LogP contribution in [0.25, 0.3) is 6.08 Å². The third-order valence-corrected chi connectivity index (χ3v) is 2.93. The SMILES string of the molecule is Cc1ccc2c(c1)S(=O)C=C2. The van der Waals surface area contributed by atoms with Gasteiger partial charge in [-0.25, -0.2) is 4.21 Å². The Hall–Kier alpha value is -0.890. The van der Waals surface area contributed by atoms with Gasteiger partial charge in [0.15, 0.2) is 0 Å². The van der Waals surface area contributed by atoms with E-state index in [1.165, 1.54) is 5.56 Å². The molecule has 1 aromatic carbocycles. The molecule has 0 bridgehead atoms. The van der Waals surface area contributed by atoms with Crippen molar-refractivity contribution in [2.45, 2.75) is 11.8 Å². The molecule has 0 amide bonds. The Morgan fingerprint density at radius 1 is 1.36 bits per heavy atom. The molecule has 1 heterocycles. The minimum Gasteiger partial charge on any atom is -0.250 e. The van der Waals surface area contributed by atoms with Crippen molar-refractivity contribution in [1.82, 2.24) is 0 Å². The third kappa shape index (κ3) is 1.03. The summed E-state index contributed by atoms with van der Waals surface area (Å²) in [5, 5.41) is 1.73. The molecule has 1 aliphatic heterocycles. The van der Waals surface area contributed by atoms with E-state index in [0.717, 1.165) is 10.5 Å². The lowest BCUT2D eigenvalue weighted by Gasteiger charge is -1.97. The van der Waals surface area contributed by atoms with Crippen molar-refractivity contribution in [2.75, 3.05) is 0 Å². The fourth-order valence-corrected chi connectivity index (χ4v) is 2.25. The summed E-state index contributed by atoms with van der Waals surface area (Å²) in [6, 6.07) is 6.02. The van der Waals surface area contributed by atoms with Gasteiger partial charge in [-0.05, 0) is 30.2 Å². The summed E-state index contributed by atoms with van der Waals surface area (Å²) in [6.07, 6.45) is 1.91. The molecule has 0 saturated heterocycles. The van der Waals surface area contributed by atoms with Crippen molar-refractivity contribution >= 4 is 16.9 Å². The molecule has 1 unspecified atom stereocenters. The highest BCUT2D eigenvalue weighted by atomic mass is 32.2. The zero-order valence-electron chi connectivity index (χ0n) is 6.20. The molecule has 2 heteroatoms. The van der Waals surface area contributed by atoms with Crippen LogP contribution < -0.4 is 0 Å². The van der Waals surface area contributed by atoms with Crippen molar-refractivity contribution in [3.8, 4) is 0 Å². The number of hydrogen-bond acceptors (Lipinski definition) is 1. The van der Waals surface area contributed by atoms with Crippen LogP contribution in [0.3, 0.4) is 0 Å². The van der Waals surface area contributed by atoms with Crippen LogP contribution >= 0.6 is 0 Å². The minimum atomic E-state index is -0.889. The lowest BCUT2D eigenvalue weighted by atomic mass is 10.1. The van der Waals surface area contributed by atoms with Gasteiger partial charge in [-0.3, -0.25) is 0 Å². The van der Waals surface area contributed by atoms with Crippen LogP contribution in [0.15, 0.2) is 28.5 Å². The van der Waals surface area contributed by atoms with Gasteiger partial charge in [-0.15, -0.1) is 0 Å². The van der Waals surface area contributed by atoms with Crippen molar-refractivity contribution in [2.24, 2.45) is 0 Å². The second-order valence-electron chi connectivity index (χ2n) is 2.64. The molecule has 0 aromatic heterocycles. The first kappa shape index (κ1) is 6.80. The Labute approximate surface area is 68.2 Å². The zero-order valence-corrected chi connectivity index (χ0v) is 7.02. The summed E-state index contributed by atoms with van der Waals surface area (Å²) >= 11 is 0. The molecule has 1 atom stereocenters. The molecule has 56 valence electrons. The summed E-state index contributed by atoms with van der Waals surface area (Å²) in [5.41, 5.74) is 2.26. The summed E-state index contributed by atoms with van der Waals surface area (Å²) < 4.78 is 11.2. The Balaban J connectivity index is 2.67. The highest BCUT2D eigenvalue weighted by Gasteiger charge is 2.10. The first-order valence-corrected chi connectivity index (χ1v) is 4.68. The maximum Gasteiger partial charge on any atom is 0.0782 e. The molecule has 11 heavy (non-hydrogen) atoms. The van der Waals surface area contributed by atoms with Gasteiger partial charge in [0.25, 0.3) is 0 Å². The lowest BCUT2D eigenvalue weighted by Crippen LogP contribution is -1.84. The van der Waals surface area contributed by atoms with Crippen LogP contribution in [0.1, 0.15) is 11.1 Å². The molecule has 0 N–H and O–H groups in total. The van der Waals surface area contributed by atoms with E-state index in [-0.39, 0.29) is 0 Å². The van der Waals surface area contributed by atoms with E-state index in [4.69, 9.17) is 0 Å². The van der Waals surface area contributed by atoms with Crippen LogP contribution in [-0.4, -0.2) is 4.21 Å². The van der Waals surface area contributed by atoms with E-state index in [1.807, 2.05) is 31.2 Å². The minimum absolute atomic E-state index is 0.889. The molecule has 1 aromatic rings. The predicted molar refractivity (Wildman–Crippen MR) is 46.6 cm³/mol. The first-order valence-electron chi connectivity index (χ1n) is 3.47. The second-order valence-corrected chi connectivity index (χ2v) is 3.95. The maximum absolute atomic E-state index is 11.2. The molecule has 0 spiro atoms. The average molecular weight is 164 g/mol. The van der Waals surface area contributed by atoms with Crippen LogP contribution in [0.5, 0.6) is 0 Å². The smallest absolute Gasteiger partial charge is 0.0782 e. The number of benzene rings is 1. The lowest BCUT2D eigenvalue weighted by molar-refractivity contribution is 0.689. The number of hydrogen-bond donors (Lipinski definition) is 0. The van der Waals surface area contributed by atoms with Gasteiger partial charge in [0.05, 0.1) is 15.7 Å². The Morgan fingerprint density at radius 3 is 3.00 bits per heavy atom. The Bertz CT molecular complexity index is 353. The first-order chi connectivity index (χ1) is 5.27. The van der Waals surface area contributed by atoms with Crippen molar-refractivity contribution < 1.29 is 4.21 Å². The second kappa shape index (κ2) is 2.31. The quantitative estimate of drug-likeness (QED) is 0.573. The topological polar surface area (TPSA) is 17.1 Å². The standard InChI is InChI=1S/C9H8OS/c1-7-2-3-8-4-5-11(10)9(8)6-7/h2-6H,1H3. The van der Waals surface area contributed by atoms with Crippen molar-refractivity contribution in [1.29, 1.82) is 0 Å². The molecule has 0 saturated carbocycles. The summed E-state index contributed by atoms with van der Waals surface area (Å²) in [4.78, 5) is 0.949. The number of aryl methyl sites for hydroxylation is 1. The average Bonchev–Trinajstić information content (AvgIpc) is 2.33. The molecule has 0 radical (unpaired) electrons.